The molecule has 0 radical (unpaired) electrons. The number of amides is 1. The third-order valence-electron chi connectivity index (χ3n) is 3.94. The van der Waals surface area contributed by atoms with Gasteiger partial charge in [-0.2, -0.15) is 0 Å². The standard InChI is InChI=1S/C18H30N2O/c1-12(2)8-17(18(21)20(6)7)19-11-16-10-14(4)13(3)9-15(16)5/h9-10,12,17,19H,8,11H2,1-7H3. The summed E-state index contributed by atoms with van der Waals surface area (Å²) in [6.07, 6.45) is 0.862. The van der Waals surface area contributed by atoms with Crippen LogP contribution in [0.5, 0.6) is 0 Å². The molecule has 0 bridgehead atoms. The molecule has 0 spiro atoms. The van der Waals surface area contributed by atoms with Crippen LogP contribution in [0.4, 0.5) is 0 Å². The first kappa shape index (κ1) is 17.7. The van der Waals surface area contributed by atoms with E-state index in [1.165, 1.54) is 22.3 Å². The Kier molecular flexibility index (Phi) is 6.41. The molecule has 21 heavy (non-hydrogen) atoms. The summed E-state index contributed by atoms with van der Waals surface area (Å²) in [5, 5.41) is 3.44. The highest BCUT2D eigenvalue weighted by molar-refractivity contribution is 5.81. The van der Waals surface area contributed by atoms with Crippen LogP contribution in [0.15, 0.2) is 12.1 Å². The first-order valence-electron chi connectivity index (χ1n) is 7.73. The van der Waals surface area contributed by atoms with Gasteiger partial charge in [0.05, 0.1) is 6.04 Å². The van der Waals surface area contributed by atoms with Crippen LogP contribution in [0, 0.1) is 26.7 Å². The second-order valence-electron chi connectivity index (χ2n) is 6.66. The van der Waals surface area contributed by atoms with Crippen molar-refractivity contribution in [3.8, 4) is 0 Å². The molecule has 0 saturated heterocycles. The molecule has 0 heterocycles. The lowest BCUT2D eigenvalue weighted by Gasteiger charge is -2.24. The number of aryl methyl sites for hydroxylation is 3. The lowest BCUT2D eigenvalue weighted by Crippen LogP contribution is -2.44. The van der Waals surface area contributed by atoms with Gasteiger partial charge in [0.1, 0.15) is 0 Å². The van der Waals surface area contributed by atoms with E-state index in [0.29, 0.717) is 5.92 Å². The van der Waals surface area contributed by atoms with E-state index >= 15 is 0 Å². The second-order valence-corrected chi connectivity index (χ2v) is 6.66. The summed E-state index contributed by atoms with van der Waals surface area (Å²) < 4.78 is 0. The van der Waals surface area contributed by atoms with E-state index in [4.69, 9.17) is 0 Å². The van der Waals surface area contributed by atoms with Gasteiger partial charge in [0.25, 0.3) is 0 Å². The van der Waals surface area contributed by atoms with Gasteiger partial charge < -0.3 is 10.2 Å². The maximum atomic E-state index is 12.3. The Morgan fingerprint density at radius 1 is 1.10 bits per heavy atom. The maximum Gasteiger partial charge on any atom is 0.239 e. The van der Waals surface area contributed by atoms with Gasteiger partial charge in [-0.05, 0) is 55.4 Å². The van der Waals surface area contributed by atoms with Crippen LogP contribution >= 0.6 is 0 Å². The van der Waals surface area contributed by atoms with E-state index in [9.17, 15) is 4.79 Å². The van der Waals surface area contributed by atoms with Gasteiger partial charge in [0, 0.05) is 20.6 Å². The molecule has 0 aliphatic carbocycles. The van der Waals surface area contributed by atoms with E-state index in [2.05, 4.69) is 52.1 Å². The SMILES string of the molecule is Cc1cc(C)c(CNC(CC(C)C)C(=O)N(C)C)cc1C. The lowest BCUT2D eigenvalue weighted by molar-refractivity contribution is -0.131. The van der Waals surface area contributed by atoms with Gasteiger partial charge in [-0.25, -0.2) is 0 Å². The van der Waals surface area contributed by atoms with E-state index in [-0.39, 0.29) is 11.9 Å². The molecule has 0 aromatic heterocycles. The Morgan fingerprint density at radius 2 is 1.67 bits per heavy atom. The van der Waals surface area contributed by atoms with Crippen LogP contribution < -0.4 is 5.32 Å². The third-order valence-corrected chi connectivity index (χ3v) is 3.94. The summed E-state index contributed by atoms with van der Waals surface area (Å²) in [5.74, 6) is 0.650. The molecule has 1 aromatic carbocycles. The third kappa shape index (κ3) is 5.16. The van der Waals surface area contributed by atoms with Crippen LogP contribution in [0.1, 0.15) is 42.5 Å². The molecule has 3 nitrogen and oxygen atoms in total. The molecular formula is C18H30N2O. The second kappa shape index (κ2) is 7.60. The molecule has 3 heteroatoms. The van der Waals surface area contributed by atoms with Gasteiger partial charge in [-0.3, -0.25) is 4.79 Å². The predicted molar refractivity (Wildman–Crippen MR) is 89.4 cm³/mol. The van der Waals surface area contributed by atoms with Crippen molar-refractivity contribution in [1.82, 2.24) is 10.2 Å². The van der Waals surface area contributed by atoms with Crippen molar-refractivity contribution in [1.29, 1.82) is 0 Å². The molecule has 118 valence electrons. The van der Waals surface area contributed by atoms with Crippen molar-refractivity contribution in [3.63, 3.8) is 0 Å². The topological polar surface area (TPSA) is 32.3 Å². The highest BCUT2D eigenvalue weighted by Crippen LogP contribution is 2.16. The Morgan fingerprint density at radius 3 is 2.19 bits per heavy atom. The fraction of sp³-hybridized carbons (Fsp3) is 0.611. The molecule has 1 rings (SSSR count). The number of hydrogen-bond acceptors (Lipinski definition) is 2. The lowest BCUT2D eigenvalue weighted by atomic mass is 9.99. The van der Waals surface area contributed by atoms with Gasteiger partial charge >= 0.3 is 0 Å². The van der Waals surface area contributed by atoms with Crippen molar-refractivity contribution in [2.24, 2.45) is 5.92 Å². The van der Waals surface area contributed by atoms with E-state index < -0.39 is 0 Å². The van der Waals surface area contributed by atoms with Gasteiger partial charge in [-0.1, -0.05) is 26.0 Å². The Labute approximate surface area is 129 Å². The summed E-state index contributed by atoms with van der Waals surface area (Å²) in [6.45, 7) is 11.4. The fourth-order valence-electron chi connectivity index (χ4n) is 2.50. The van der Waals surface area contributed by atoms with E-state index in [0.717, 1.165) is 13.0 Å². The van der Waals surface area contributed by atoms with E-state index in [1.54, 1.807) is 4.90 Å². The number of nitrogens with zero attached hydrogens (tertiary/aromatic N) is 1. The zero-order valence-corrected chi connectivity index (χ0v) is 14.6. The van der Waals surface area contributed by atoms with Gasteiger partial charge in [0.2, 0.25) is 5.91 Å². The van der Waals surface area contributed by atoms with Crippen molar-refractivity contribution in [2.45, 2.75) is 53.6 Å². The van der Waals surface area contributed by atoms with Crippen molar-refractivity contribution in [2.75, 3.05) is 14.1 Å². The van der Waals surface area contributed by atoms with Crippen molar-refractivity contribution >= 4 is 5.91 Å². The van der Waals surface area contributed by atoms with Crippen LogP contribution in [0.2, 0.25) is 0 Å². The van der Waals surface area contributed by atoms with Crippen LogP contribution in [-0.4, -0.2) is 30.9 Å². The number of rotatable bonds is 6. The smallest absolute Gasteiger partial charge is 0.239 e. The van der Waals surface area contributed by atoms with Crippen molar-refractivity contribution in [3.05, 3.63) is 34.4 Å². The molecule has 0 aliphatic heterocycles. The van der Waals surface area contributed by atoms with Gasteiger partial charge in [0.15, 0.2) is 0 Å². The Hall–Kier alpha value is -1.35. The first-order chi connectivity index (χ1) is 9.72. The molecule has 0 fully saturated rings. The minimum atomic E-state index is -0.110. The number of carbonyl (C=O) groups excluding carboxylic acids is 1. The van der Waals surface area contributed by atoms with Crippen LogP contribution in [0.3, 0.4) is 0 Å². The zero-order valence-electron chi connectivity index (χ0n) is 14.6. The fourth-order valence-corrected chi connectivity index (χ4v) is 2.50. The Balaban J connectivity index is 2.81. The quantitative estimate of drug-likeness (QED) is 0.872. The highest BCUT2D eigenvalue weighted by Gasteiger charge is 2.21. The minimum Gasteiger partial charge on any atom is -0.347 e. The molecule has 1 amide bonds. The zero-order chi connectivity index (χ0) is 16.2. The summed E-state index contributed by atoms with van der Waals surface area (Å²) in [7, 11) is 3.64. The molecule has 1 N–H and O–H groups in total. The summed E-state index contributed by atoms with van der Waals surface area (Å²) >= 11 is 0. The first-order valence-corrected chi connectivity index (χ1v) is 7.73. The normalized spacial score (nSPS) is 12.6. The average Bonchev–Trinajstić information content (AvgIpc) is 2.38. The van der Waals surface area contributed by atoms with Gasteiger partial charge in [-0.15, -0.1) is 0 Å². The number of nitrogens with one attached hydrogen (secondary N) is 1. The molecule has 1 atom stereocenters. The van der Waals surface area contributed by atoms with E-state index in [1.807, 2.05) is 14.1 Å². The number of hydrogen-bond donors (Lipinski definition) is 1. The molecule has 1 unspecified atom stereocenters. The monoisotopic (exact) mass is 290 g/mol. The maximum absolute atomic E-state index is 12.3. The molecular weight excluding hydrogens is 260 g/mol. The number of benzene rings is 1. The summed E-state index contributed by atoms with van der Waals surface area (Å²) in [4.78, 5) is 13.9. The number of likely N-dealkylation sites (N-methyl/N-ethyl adjacent to an activating group) is 1. The summed E-state index contributed by atoms with van der Waals surface area (Å²) in [6, 6.07) is 4.34. The summed E-state index contributed by atoms with van der Waals surface area (Å²) in [5.41, 5.74) is 5.18. The van der Waals surface area contributed by atoms with Crippen LogP contribution in [0.25, 0.3) is 0 Å². The predicted octanol–water partition coefficient (Wildman–Crippen LogP) is 3.20. The van der Waals surface area contributed by atoms with Crippen LogP contribution in [-0.2, 0) is 11.3 Å². The molecule has 0 saturated carbocycles. The largest absolute Gasteiger partial charge is 0.347 e. The minimum absolute atomic E-state index is 0.110. The average molecular weight is 290 g/mol. The number of carbonyl (C=O) groups is 1. The molecule has 0 aliphatic rings. The van der Waals surface area contributed by atoms with Crippen molar-refractivity contribution < 1.29 is 4.79 Å². The highest BCUT2D eigenvalue weighted by atomic mass is 16.2. The Bertz CT molecular complexity index is 492. The molecule has 1 aromatic rings.